The molecule has 0 aliphatic carbocycles. The molecule has 9 nitrogen and oxygen atoms in total. The summed E-state index contributed by atoms with van der Waals surface area (Å²) in [6.07, 6.45) is 1.46. The predicted molar refractivity (Wildman–Crippen MR) is 93.9 cm³/mol. The lowest BCUT2D eigenvalue weighted by Gasteiger charge is -2.11. The minimum absolute atomic E-state index is 0.0627. The highest BCUT2D eigenvalue weighted by atomic mass is 35.5. The van der Waals surface area contributed by atoms with Crippen molar-refractivity contribution in [1.29, 1.82) is 0 Å². The minimum atomic E-state index is -0.816. The van der Waals surface area contributed by atoms with Gasteiger partial charge in [-0.3, -0.25) is 10.1 Å². The van der Waals surface area contributed by atoms with Crippen molar-refractivity contribution in [2.24, 2.45) is 0 Å². The second kappa shape index (κ2) is 9.48. The number of esters is 1. The average Bonchev–Trinajstić information content (AvgIpc) is 3.17. The smallest absolute Gasteiger partial charge is 0.338 e. The molecule has 0 bridgehead atoms. The van der Waals surface area contributed by atoms with Crippen LogP contribution < -0.4 is 20.1 Å². The van der Waals surface area contributed by atoms with Gasteiger partial charge in [-0.15, -0.1) is 0 Å². The van der Waals surface area contributed by atoms with Crippen molar-refractivity contribution in [3.8, 4) is 11.5 Å². The molecule has 3 amide bonds. The predicted octanol–water partition coefficient (Wildman–Crippen LogP) is 2.13. The highest BCUT2D eigenvalue weighted by Gasteiger charge is 2.17. The maximum absolute atomic E-state index is 12.1. The molecule has 0 atom stereocenters. The Morgan fingerprint density at radius 2 is 1.96 bits per heavy atom. The van der Waals surface area contributed by atoms with Crippen molar-refractivity contribution in [3.05, 3.63) is 46.9 Å². The quantitative estimate of drug-likeness (QED) is 0.688. The fraction of sp³-hybridized carbons (Fsp3) is 0.235. The number of ether oxygens (including phenoxy) is 3. The minimum Gasteiger partial charge on any atom is -0.493 e. The summed E-state index contributed by atoms with van der Waals surface area (Å²) in [6.45, 7) is -0.547. The number of carbonyl (C=O) groups excluding carboxylic acids is 3. The monoisotopic (exact) mass is 396 g/mol. The van der Waals surface area contributed by atoms with Gasteiger partial charge in [0.1, 0.15) is 5.76 Å². The van der Waals surface area contributed by atoms with Crippen LogP contribution in [-0.2, 0) is 16.1 Å². The number of halogens is 1. The number of furan rings is 1. The van der Waals surface area contributed by atoms with E-state index in [-0.39, 0.29) is 28.6 Å². The van der Waals surface area contributed by atoms with Crippen LogP contribution in [0, 0.1) is 0 Å². The molecule has 1 aromatic heterocycles. The summed E-state index contributed by atoms with van der Waals surface area (Å²) in [7, 11) is 2.79. The lowest BCUT2D eigenvalue weighted by Crippen LogP contribution is -2.41. The number of hydrogen-bond acceptors (Lipinski definition) is 7. The van der Waals surface area contributed by atoms with Crippen molar-refractivity contribution < 1.29 is 33.0 Å². The molecule has 1 heterocycles. The highest BCUT2D eigenvalue weighted by molar-refractivity contribution is 6.32. The van der Waals surface area contributed by atoms with Crippen LogP contribution in [0.3, 0.4) is 0 Å². The third-order valence-electron chi connectivity index (χ3n) is 3.26. The Morgan fingerprint density at radius 1 is 1.19 bits per heavy atom. The highest BCUT2D eigenvalue weighted by Crippen LogP contribution is 2.36. The van der Waals surface area contributed by atoms with Crippen LogP contribution in [0.15, 0.2) is 34.9 Å². The van der Waals surface area contributed by atoms with Gasteiger partial charge in [-0.1, -0.05) is 11.6 Å². The SMILES string of the molecule is COc1cc(C(=O)OCC(=O)NC(=O)NCc2ccco2)cc(Cl)c1OC. The molecule has 0 fully saturated rings. The van der Waals surface area contributed by atoms with E-state index < -0.39 is 24.5 Å². The zero-order valence-corrected chi connectivity index (χ0v) is 15.3. The third kappa shape index (κ3) is 5.65. The molecule has 27 heavy (non-hydrogen) atoms. The molecular formula is C17H17ClN2O7. The van der Waals surface area contributed by atoms with Crippen LogP contribution >= 0.6 is 11.6 Å². The Kier molecular flexibility index (Phi) is 7.07. The van der Waals surface area contributed by atoms with E-state index in [1.807, 2.05) is 5.32 Å². The Hall–Kier alpha value is -3.20. The first-order valence-electron chi connectivity index (χ1n) is 7.63. The summed E-state index contributed by atoms with van der Waals surface area (Å²) in [6, 6.07) is 5.26. The largest absolute Gasteiger partial charge is 0.493 e. The summed E-state index contributed by atoms with van der Waals surface area (Å²) in [5.74, 6) is -0.592. The van der Waals surface area contributed by atoms with Gasteiger partial charge in [0.15, 0.2) is 18.1 Å². The first kappa shape index (κ1) is 20.1. The Bertz CT molecular complexity index is 821. The summed E-state index contributed by atoms with van der Waals surface area (Å²) >= 11 is 6.01. The number of urea groups is 1. The number of nitrogens with one attached hydrogen (secondary N) is 2. The molecule has 2 aromatic rings. The number of methoxy groups -OCH3 is 2. The fourth-order valence-electron chi connectivity index (χ4n) is 2.04. The van der Waals surface area contributed by atoms with Crippen molar-refractivity contribution in [3.63, 3.8) is 0 Å². The summed E-state index contributed by atoms with van der Waals surface area (Å²) in [5, 5.41) is 4.58. The summed E-state index contributed by atoms with van der Waals surface area (Å²) in [4.78, 5) is 35.4. The van der Waals surface area contributed by atoms with Crippen molar-refractivity contribution >= 4 is 29.5 Å². The maximum atomic E-state index is 12.1. The summed E-state index contributed by atoms with van der Waals surface area (Å²) < 4.78 is 20.1. The van der Waals surface area contributed by atoms with E-state index in [4.69, 9.17) is 30.2 Å². The van der Waals surface area contributed by atoms with E-state index in [1.165, 1.54) is 32.6 Å². The third-order valence-corrected chi connectivity index (χ3v) is 3.54. The van der Waals surface area contributed by atoms with Crippen LogP contribution in [-0.4, -0.2) is 38.7 Å². The number of benzene rings is 1. The van der Waals surface area contributed by atoms with Gasteiger partial charge in [-0.25, -0.2) is 9.59 Å². The van der Waals surface area contributed by atoms with Gasteiger partial charge in [0.25, 0.3) is 5.91 Å². The fourth-order valence-corrected chi connectivity index (χ4v) is 2.33. The van der Waals surface area contributed by atoms with E-state index in [0.717, 1.165) is 0 Å². The van der Waals surface area contributed by atoms with Crippen molar-refractivity contribution in [1.82, 2.24) is 10.6 Å². The average molecular weight is 397 g/mol. The van der Waals surface area contributed by atoms with Crippen LogP contribution in [0.2, 0.25) is 5.02 Å². The molecule has 2 N–H and O–H groups in total. The molecule has 2 rings (SSSR count). The van der Waals surface area contributed by atoms with Crippen LogP contribution in [0.5, 0.6) is 11.5 Å². The van der Waals surface area contributed by atoms with E-state index in [2.05, 4.69) is 5.32 Å². The molecule has 0 radical (unpaired) electrons. The Morgan fingerprint density at radius 3 is 2.59 bits per heavy atom. The zero-order valence-electron chi connectivity index (χ0n) is 14.5. The zero-order chi connectivity index (χ0) is 19.8. The molecule has 0 saturated carbocycles. The van der Waals surface area contributed by atoms with Gasteiger partial charge in [0.2, 0.25) is 0 Å². The molecule has 0 aliphatic heterocycles. The van der Waals surface area contributed by atoms with Crippen LogP contribution in [0.25, 0.3) is 0 Å². The van der Waals surface area contributed by atoms with Gasteiger partial charge in [0, 0.05) is 0 Å². The van der Waals surface area contributed by atoms with Gasteiger partial charge in [-0.05, 0) is 24.3 Å². The molecule has 0 saturated heterocycles. The van der Waals surface area contributed by atoms with E-state index in [1.54, 1.807) is 12.1 Å². The summed E-state index contributed by atoms with van der Waals surface area (Å²) in [5.41, 5.74) is 0.0627. The lowest BCUT2D eigenvalue weighted by molar-refractivity contribution is -0.123. The first-order chi connectivity index (χ1) is 12.9. The Balaban J connectivity index is 1.84. The van der Waals surface area contributed by atoms with Gasteiger partial charge >= 0.3 is 12.0 Å². The number of rotatable bonds is 7. The molecule has 144 valence electrons. The molecule has 0 aliphatic rings. The Labute approximate surface area is 159 Å². The number of carbonyl (C=O) groups is 3. The number of imide groups is 1. The van der Waals surface area contributed by atoms with Gasteiger partial charge in [0.05, 0.1) is 37.6 Å². The van der Waals surface area contributed by atoms with Gasteiger partial charge in [-0.2, -0.15) is 0 Å². The number of hydrogen-bond donors (Lipinski definition) is 2. The van der Waals surface area contributed by atoms with Crippen LogP contribution in [0.1, 0.15) is 16.1 Å². The van der Waals surface area contributed by atoms with E-state index in [0.29, 0.717) is 5.76 Å². The lowest BCUT2D eigenvalue weighted by atomic mass is 10.2. The van der Waals surface area contributed by atoms with Crippen molar-refractivity contribution in [2.75, 3.05) is 20.8 Å². The van der Waals surface area contributed by atoms with Gasteiger partial charge < -0.3 is 23.9 Å². The van der Waals surface area contributed by atoms with Crippen LogP contribution in [0.4, 0.5) is 4.79 Å². The molecule has 10 heteroatoms. The second-order valence-corrected chi connectivity index (χ2v) is 5.49. The molecule has 0 spiro atoms. The first-order valence-corrected chi connectivity index (χ1v) is 8.01. The standard InChI is InChI=1S/C17H17ClN2O7/c1-24-13-7-10(6-12(18)15(13)25-2)16(22)27-9-14(21)20-17(23)19-8-11-4-3-5-26-11/h3-7H,8-9H2,1-2H3,(H2,19,20,21,23). The second-order valence-electron chi connectivity index (χ2n) is 5.08. The molecular weight excluding hydrogens is 380 g/mol. The maximum Gasteiger partial charge on any atom is 0.338 e. The molecule has 1 aromatic carbocycles. The topological polar surface area (TPSA) is 116 Å². The van der Waals surface area contributed by atoms with Crippen molar-refractivity contribution in [2.45, 2.75) is 6.54 Å². The molecule has 0 unspecified atom stereocenters. The van der Waals surface area contributed by atoms with E-state index >= 15 is 0 Å². The number of amides is 3. The normalized spacial score (nSPS) is 10.0. The van der Waals surface area contributed by atoms with E-state index in [9.17, 15) is 14.4 Å².